The minimum Gasteiger partial charge on any atom is -0.479 e. The molecular formula is C22H17N3O4. The highest BCUT2D eigenvalue weighted by Gasteiger charge is 2.11. The summed E-state index contributed by atoms with van der Waals surface area (Å²) in [6, 6.07) is 16.5. The SMILES string of the molecule is O=C(Cn1c(=O)oc2ccccc21)NCC#CCOc1cccc2cccnc12. The van der Waals surface area contributed by atoms with Gasteiger partial charge in [0, 0.05) is 11.6 Å². The number of fused-ring (bicyclic) bond motifs is 2. The third-order valence-corrected chi connectivity index (χ3v) is 4.27. The van der Waals surface area contributed by atoms with Crippen LogP contribution >= 0.6 is 0 Å². The van der Waals surface area contributed by atoms with E-state index in [4.69, 9.17) is 9.15 Å². The Kier molecular flexibility index (Phi) is 5.25. The summed E-state index contributed by atoms with van der Waals surface area (Å²) in [5, 5.41) is 3.65. The highest BCUT2D eigenvalue weighted by atomic mass is 16.5. The molecule has 4 aromatic rings. The van der Waals surface area contributed by atoms with Crippen molar-refractivity contribution in [1.29, 1.82) is 0 Å². The molecule has 2 aromatic carbocycles. The lowest BCUT2D eigenvalue weighted by atomic mass is 10.2. The van der Waals surface area contributed by atoms with Crippen LogP contribution in [-0.2, 0) is 11.3 Å². The molecule has 0 atom stereocenters. The Morgan fingerprint density at radius 2 is 1.97 bits per heavy atom. The van der Waals surface area contributed by atoms with Crippen LogP contribution in [0.5, 0.6) is 5.75 Å². The average molecular weight is 387 g/mol. The minimum atomic E-state index is -0.565. The molecule has 0 saturated carbocycles. The molecule has 7 heteroatoms. The third kappa shape index (κ3) is 4.12. The third-order valence-electron chi connectivity index (χ3n) is 4.27. The van der Waals surface area contributed by atoms with Crippen LogP contribution in [0.1, 0.15) is 0 Å². The number of carbonyl (C=O) groups excluding carboxylic acids is 1. The second-order valence-electron chi connectivity index (χ2n) is 6.17. The van der Waals surface area contributed by atoms with Crippen molar-refractivity contribution >= 4 is 27.9 Å². The maximum Gasteiger partial charge on any atom is 0.420 e. The van der Waals surface area contributed by atoms with Gasteiger partial charge in [-0.15, -0.1) is 0 Å². The lowest BCUT2D eigenvalue weighted by molar-refractivity contribution is -0.121. The lowest BCUT2D eigenvalue weighted by Gasteiger charge is -2.05. The summed E-state index contributed by atoms with van der Waals surface area (Å²) in [5.41, 5.74) is 1.81. The Bertz CT molecular complexity index is 1290. The molecule has 0 aliphatic heterocycles. The summed E-state index contributed by atoms with van der Waals surface area (Å²) in [6.07, 6.45) is 1.71. The van der Waals surface area contributed by atoms with Crippen molar-refractivity contribution in [1.82, 2.24) is 14.9 Å². The van der Waals surface area contributed by atoms with E-state index in [1.165, 1.54) is 4.57 Å². The first-order valence-electron chi connectivity index (χ1n) is 9.00. The van der Waals surface area contributed by atoms with Gasteiger partial charge in [0.25, 0.3) is 0 Å². The van der Waals surface area contributed by atoms with Gasteiger partial charge in [0.1, 0.15) is 24.4 Å². The molecule has 29 heavy (non-hydrogen) atoms. The Balaban J connectivity index is 1.29. The molecule has 1 amide bonds. The van der Waals surface area contributed by atoms with Crippen molar-refractivity contribution < 1.29 is 13.9 Å². The fraction of sp³-hybridized carbons (Fsp3) is 0.136. The molecule has 0 saturated heterocycles. The second-order valence-corrected chi connectivity index (χ2v) is 6.17. The van der Waals surface area contributed by atoms with Crippen LogP contribution in [0.3, 0.4) is 0 Å². The van der Waals surface area contributed by atoms with Gasteiger partial charge >= 0.3 is 5.76 Å². The number of hydrogen-bond acceptors (Lipinski definition) is 5. The smallest absolute Gasteiger partial charge is 0.420 e. The van der Waals surface area contributed by atoms with Crippen molar-refractivity contribution in [3.05, 3.63) is 71.3 Å². The standard InChI is InChI=1S/C22H17N3O4/c26-20(15-25-17-9-1-2-10-18(17)29-22(25)27)23-12-3-4-14-28-19-11-5-7-16-8-6-13-24-21(16)19/h1-2,5-11,13H,12,14-15H2,(H,23,26). The van der Waals surface area contributed by atoms with Crippen molar-refractivity contribution in [3.63, 3.8) is 0 Å². The molecule has 0 fully saturated rings. The molecule has 2 heterocycles. The molecular weight excluding hydrogens is 370 g/mol. The normalized spacial score (nSPS) is 10.5. The molecule has 7 nitrogen and oxygen atoms in total. The summed E-state index contributed by atoms with van der Waals surface area (Å²) < 4.78 is 12.1. The lowest BCUT2D eigenvalue weighted by Crippen LogP contribution is -2.31. The van der Waals surface area contributed by atoms with Gasteiger partial charge in [0.2, 0.25) is 5.91 Å². The predicted molar refractivity (Wildman–Crippen MR) is 108 cm³/mol. The van der Waals surface area contributed by atoms with E-state index in [0.29, 0.717) is 16.8 Å². The quantitative estimate of drug-likeness (QED) is 0.531. The van der Waals surface area contributed by atoms with E-state index in [1.54, 1.807) is 30.5 Å². The number of hydrogen-bond donors (Lipinski definition) is 1. The monoisotopic (exact) mass is 387 g/mol. The summed E-state index contributed by atoms with van der Waals surface area (Å²) in [5.74, 6) is 5.45. The van der Waals surface area contributed by atoms with Crippen LogP contribution in [0.15, 0.2) is 70.0 Å². The van der Waals surface area contributed by atoms with E-state index in [0.717, 1.165) is 10.9 Å². The zero-order valence-electron chi connectivity index (χ0n) is 15.4. The first-order valence-corrected chi connectivity index (χ1v) is 9.00. The van der Waals surface area contributed by atoms with Crippen LogP contribution < -0.4 is 15.8 Å². The van der Waals surface area contributed by atoms with E-state index < -0.39 is 5.76 Å². The molecule has 0 aliphatic rings. The molecule has 0 aliphatic carbocycles. The van der Waals surface area contributed by atoms with Crippen molar-refractivity contribution in [3.8, 4) is 17.6 Å². The summed E-state index contributed by atoms with van der Waals surface area (Å²) >= 11 is 0. The van der Waals surface area contributed by atoms with E-state index in [-0.39, 0.29) is 25.6 Å². The van der Waals surface area contributed by atoms with Gasteiger partial charge in [0.15, 0.2) is 5.58 Å². The second kappa shape index (κ2) is 8.31. The molecule has 4 rings (SSSR count). The van der Waals surface area contributed by atoms with Gasteiger partial charge in [-0.05, 0) is 24.3 Å². The maximum atomic E-state index is 12.1. The van der Waals surface area contributed by atoms with E-state index in [2.05, 4.69) is 22.1 Å². The number of nitrogens with one attached hydrogen (secondary N) is 1. The Labute approximate surface area is 165 Å². The van der Waals surface area contributed by atoms with E-state index in [9.17, 15) is 9.59 Å². The highest BCUT2D eigenvalue weighted by molar-refractivity contribution is 5.84. The van der Waals surface area contributed by atoms with Crippen molar-refractivity contribution in [2.75, 3.05) is 13.2 Å². The number of rotatable bonds is 5. The van der Waals surface area contributed by atoms with Crippen LogP contribution in [0.25, 0.3) is 22.0 Å². The van der Waals surface area contributed by atoms with Gasteiger partial charge < -0.3 is 14.5 Å². The van der Waals surface area contributed by atoms with Crippen LogP contribution in [0.4, 0.5) is 0 Å². The molecule has 144 valence electrons. The Morgan fingerprint density at radius 3 is 2.90 bits per heavy atom. The van der Waals surface area contributed by atoms with E-state index in [1.807, 2.05) is 30.3 Å². The van der Waals surface area contributed by atoms with Gasteiger partial charge in [-0.1, -0.05) is 42.2 Å². The van der Waals surface area contributed by atoms with Crippen molar-refractivity contribution in [2.45, 2.75) is 6.54 Å². The number of pyridine rings is 1. The van der Waals surface area contributed by atoms with Gasteiger partial charge in [0.05, 0.1) is 12.1 Å². The zero-order valence-corrected chi connectivity index (χ0v) is 15.4. The first-order chi connectivity index (χ1) is 14.2. The number of ether oxygens (including phenoxy) is 1. The highest BCUT2D eigenvalue weighted by Crippen LogP contribution is 2.22. The van der Waals surface area contributed by atoms with Gasteiger partial charge in [-0.25, -0.2) is 4.79 Å². The fourth-order valence-electron chi connectivity index (χ4n) is 2.93. The molecule has 0 radical (unpaired) electrons. The molecule has 2 aromatic heterocycles. The minimum absolute atomic E-state index is 0.129. The number of oxazole rings is 1. The van der Waals surface area contributed by atoms with Crippen molar-refractivity contribution in [2.24, 2.45) is 0 Å². The number of carbonyl (C=O) groups is 1. The topological polar surface area (TPSA) is 86.4 Å². The summed E-state index contributed by atoms with van der Waals surface area (Å²) in [7, 11) is 0. The molecule has 0 unspecified atom stereocenters. The number of aromatic nitrogens is 2. The largest absolute Gasteiger partial charge is 0.479 e. The predicted octanol–water partition coefficient (Wildman–Crippen LogP) is 2.34. The van der Waals surface area contributed by atoms with Gasteiger partial charge in [-0.2, -0.15) is 0 Å². The molecule has 0 spiro atoms. The maximum absolute atomic E-state index is 12.1. The van der Waals surface area contributed by atoms with Crippen LogP contribution in [-0.4, -0.2) is 28.6 Å². The van der Waals surface area contributed by atoms with E-state index >= 15 is 0 Å². The number of para-hydroxylation sites is 3. The fourth-order valence-corrected chi connectivity index (χ4v) is 2.93. The number of benzene rings is 2. The summed E-state index contributed by atoms with van der Waals surface area (Å²) in [4.78, 5) is 28.3. The first kappa shape index (κ1) is 18.3. The average Bonchev–Trinajstić information content (AvgIpc) is 3.06. The number of amides is 1. The van der Waals surface area contributed by atoms with Crippen LogP contribution in [0.2, 0.25) is 0 Å². The molecule has 1 N–H and O–H groups in total. The number of nitrogens with zero attached hydrogens (tertiary/aromatic N) is 2. The van der Waals surface area contributed by atoms with Crippen LogP contribution in [0, 0.1) is 11.8 Å². The summed E-state index contributed by atoms with van der Waals surface area (Å²) in [6.45, 7) is 0.202. The van der Waals surface area contributed by atoms with Gasteiger partial charge in [-0.3, -0.25) is 14.3 Å². The Hall–Kier alpha value is -4.05. The molecule has 0 bridgehead atoms. The zero-order chi connectivity index (χ0) is 20.1. The Morgan fingerprint density at radius 1 is 1.10 bits per heavy atom.